The number of nitriles is 1. The van der Waals surface area contributed by atoms with E-state index in [1.54, 1.807) is 12.1 Å². The molecule has 0 heterocycles. The van der Waals surface area contributed by atoms with Crippen LogP contribution in [0.3, 0.4) is 0 Å². The van der Waals surface area contributed by atoms with Crippen LogP contribution in [0.1, 0.15) is 56.3 Å². The molecule has 0 spiro atoms. The Morgan fingerprint density at radius 1 is 1.19 bits per heavy atom. The highest BCUT2D eigenvalue weighted by atomic mass is 16.3. The Balaban J connectivity index is 2.40. The molecule has 1 aromatic rings. The van der Waals surface area contributed by atoms with E-state index in [2.05, 4.69) is 13.0 Å². The fraction of sp³-hybridized carbons (Fsp3) is 0.500. The van der Waals surface area contributed by atoms with Crippen molar-refractivity contribution in [3.05, 3.63) is 35.4 Å². The molecule has 0 aromatic heterocycles. The van der Waals surface area contributed by atoms with Gasteiger partial charge in [-0.3, -0.25) is 0 Å². The van der Waals surface area contributed by atoms with Gasteiger partial charge < -0.3 is 5.11 Å². The predicted molar refractivity (Wildman–Crippen MR) is 64.9 cm³/mol. The first-order valence-electron chi connectivity index (χ1n) is 5.96. The maximum Gasteiger partial charge on any atom is 0.0991 e. The minimum atomic E-state index is -0.385. The van der Waals surface area contributed by atoms with Crippen molar-refractivity contribution >= 4 is 0 Å². The van der Waals surface area contributed by atoms with Crippen LogP contribution in [0.2, 0.25) is 0 Å². The summed E-state index contributed by atoms with van der Waals surface area (Å²) in [6.45, 7) is 2.18. The summed E-state index contributed by atoms with van der Waals surface area (Å²) in [5.74, 6) is 0. The standard InChI is InChI=1S/C14H19NO/c1-2-3-4-5-6-14(16)13-9-7-12(11-15)8-10-13/h7-10,14,16H,2-6H2,1H3. The van der Waals surface area contributed by atoms with Gasteiger partial charge in [0, 0.05) is 0 Å². The van der Waals surface area contributed by atoms with Gasteiger partial charge in [-0.25, -0.2) is 0 Å². The number of aliphatic hydroxyl groups excluding tert-OH is 1. The predicted octanol–water partition coefficient (Wildman–Crippen LogP) is 3.56. The first-order valence-corrected chi connectivity index (χ1v) is 5.96. The van der Waals surface area contributed by atoms with Crippen LogP contribution in [0.5, 0.6) is 0 Å². The van der Waals surface area contributed by atoms with E-state index in [9.17, 15) is 5.11 Å². The Bertz CT molecular complexity index is 337. The summed E-state index contributed by atoms with van der Waals surface area (Å²) in [5.41, 5.74) is 1.55. The lowest BCUT2D eigenvalue weighted by Crippen LogP contribution is -1.97. The van der Waals surface area contributed by atoms with Crippen molar-refractivity contribution in [2.45, 2.75) is 45.1 Å². The van der Waals surface area contributed by atoms with Crippen molar-refractivity contribution in [3.63, 3.8) is 0 Å². The molecular weight excluding hydrogens is 198 g/mol. The molecule has 1 aromatic carbocycles. The molecule has 2 heteroatoms. The molecule has 0 aliphatic rings. The molecule has 0 bridgehead atoms. The van der Waals surface area contributed by atoms with Gasteiger partial charge in [-0.1, -0.05) is 44.7 Å². The average molecular weight is 217 g/mol. The number of benzene rings is 1. The normalized spacial score (nSPS) is 12.1. The molecule has 0 saturated heterocycles. The molecule has 1 unspecified atom stereocenters. The molecule has 1 N–H and O–H groups in total. The highest BCUT2D eigenvalue weighted by Gasteiger charge is 2.06. The largest absolute Gasteiger partial charge is 0.388 e. The Morgan fingerprint density at radius 2 is 1.88 bits per heavy atom. The molecule has 16 heavy (non-hydrogen) atoms. The second-order valence-corrected chi connectivity index (χ2v) is 4.10. The summed E-state index contributed by atoms with van der Waals surface area (Å²) in [7, 11) is 0. The molecule has 86 valence electrons. The summed E-state index contributed by atoms with van der Waals surface area (Å²) in [4.78, 5) is 0. The molecule has 0 aliphatic carbocycles. The molecular formula is C14H19NO. The Kier molecular flexibility index (Phi) is 5.60. The summed E-state index contributed by atoms with van der Waals surface area (Å²) in [6, 6.07) is 9.25. The molecule has 0 aliphatic heterocycles. The lowest BCUT2D eigenvalue weighted by atomic mass is 10.0. The van der Waals surface area contributed by atoms with E-state index in [4.69, 9.17) is 5.26 Å². The third kappa shape index (κ3) is 4.04. The molecule has 0 amide bonds. The van der Waals surface area contributed by atoms with E-state index < -0.39 is 0 Å². The van der Waals surface area contributed by atoms with Gasteiger partial charge in [-0.05, 0) is 24.1 Å². The molecule has 2 nitrogen and oxygen atoms in total. The zero-order valence-electron chi connectivity index (χ0n) is 9.82. The average Bonchev–Trinajstić information content (AvgIpc) is 2.34. The van der Waals surface area contributed by atoms with Gasteiger partial charge >= 0.3 is 0 Å². The topological polar surface area (TPSA) is 44.0 Å². The van der Waals surface area contributed by atoms with Gasteiger partial charge in [0.25, 0.3) is 0 Å². The van der Waals surface area contributed by atoms with Crippen molar-refractivity contribution in [2.75, 3.05) is 0 Å². The quantitative estimate of drug-likeness (QED) is 0.740. The third-order valence-electron chi connectivity index (χ3n) is 2.76. The number of hydrogen-bond acceptors (Lipinski definition) is 2. The van der Waals surface area contributed by atoms with E-state index in [0.717, 1.165) is 18.4 Å². The molecule has 1 rings (SSSR count). The van der Waals surface area contributed by atoms with Crippen LogP contribution >= 0.6 is 0 Å². The van der Waals surface area contributed by atoms with E-state index in [0.29, 0.717) is 5.56 Å². The number of unbranched alkanes of at least 4 members (excludes halogenated alkanes) is 3. The van der Waals surface area contributed by atoms with Gasteiger partial charge in [0.05, 0.1) is 17.7 Å². The van der Waals surface area contributed by atoms with Gasteiger partial charge in [0.1, 0.15) is 0 Å². The number of hydrogen-bond donors (Lipinski definition) is 1. The summed E-state index contributed by atoms with van der Waals surface area (Å²) < 4.78 is 0. The monoisotopic (exact) mass is 217 g/mol. The van der Waals surface area contributed by atoms with E-state index >= 15 is 0 Å². The van der Waals surface area contributed by atoms with Gasteiger partial charge in [-0.15, -0.1) is 0 Å². The van der Waals surface area contributed by atoms with Crippen LogP contribution in [0.15, 0.2) is 24.3 Å². The first-order chi connectivity index (χ1) is 7.77. The summed E-state index contributed by atoms with van der Waals surface area (Å²) in [5, 5.41) is 18.6. The highest BCUT2D eigenvalue weighted by molar-refractivity contribution is 5.32. The molecule has 1 atom stereocenters. The number of nitrogens with zero attached hydrogens (tertiary/aromatic N) is 1. The molecule has 0 fully saturated rings. The van der Waals surface area contributed by atoms with Crippen LogP contribution in [0, 0.1) is 11.3 Å². The second kappa shape index (κ2) is 7.03. The third-order valence-corrected chi connectivity index (χ3v) is 2.76. The van der Waals surface area contributed by atoms with Crippen LogP contribution in [0.4, 0.5) is 0 Å². The van der Waals surface area contributed by atoms with Crippen molar-refractivity contribution in [1.82, 2.24) is 0 Å². The maximum absolute atomic E-state index is 9.90. The Hall–Kier alpha value is -1.33. The second-order valence-electron chi connectivity index (χ2n) is 4.10. The zero-order chi connectivity index (χ0) is 11.8. The maximum atomic E-state index is 9.90. The number of aliphatic hydroxyl groups is 1. The fourth-order valence-electron chi connectivity index (χ4n) is 1.71. The lowest BCUT2D eigenvalue weighted by molar-refractivity contribution is 0.163. The van der Waals surface area contributed by atoms with Gasteiger partial charge in [0.2, 0.25) is 0 Å². The number of rotatable bonds is 6. The van der Waals surface area contributed by atoms with Crippen molar-refractivity contribution in [3.8, 4) is 6.07 Å². The Labute approximate surface area is 97.5 Å². The van der Waals surface area contributed by atoms with Crippen LogP contribution < -0.4 is 0 Å². The Morgan fingerprint density at radius 3 is 2.44 bits per heavy atom. The van der Waals surface area contributed by atoms with Crippen molar-refractivity contribution < 1.29 is 5.11 Å². The summed E-state index contributed by atoms with van der Waals surface area (Å²) in [6.07, 6.45) is 5.13. The first kappa shape index (κ1) is 12.7. The van der Waals surface area contributed by atoms with Gasteiger partial charge in [-0.2, -0.15) is 5.26 Å². The smallest absolute Gasteiger partial charge is 0.0991 e. The van der Waals surface area contributed by atoms with E-state index in [-0.39, 0.29) is 6.10 Å². The van der Waals surface area contributed by atoms with Gasteiger partial charge in [0.15, 0.2) is 0 Å². The summed E-state index contributed by atoms with van der Waals surface area (Å²) >= 11 is 0. The molecule has 0 radical (unpaired) electrons. The minimum absolute atomic E-state index is 0.385. The zero-order valence-corrected chi connectivity index (χ0v) is 9.82. The van der Waals surface area contributed by atoms with E-state index in [1.807, 2.05) is 12.1 Å². The van der Waals surface area contributed by atoms with E-state index in [1.165, 1.54) is 19.3 Å². The van der Waals surface area contributed by atoms with Crippen molar-refractivity contribution in [1.29, 1.82) is 5.26 Å². The lowest BCUT2D eigenvalue weighted by Gasteiger charge is -2.10. The SMILES string of the molecule is CCCCCCC(O)c1ccc(C#N)cc1. The fourth-order valence-corrected chi connectivity index (χ4v) is 1.71. The van der Waals surface area contributed by atoms with Crippen LogP contribution in [0.25, 0.3) is 0 Å². The van der Waals surface area contributed by atoms with Crippen LogP contribution in [-0.2, 0) is 0 Å². The van der Waals surface area contributed by atoms with Crippen molar-refractivity contribution in [2.24, 2.45) is 0 Å². The highest BCUT2D eigenvalue weighted by Crippen LogP contribution is 2.20. The molecule has 0 saturated carbocycles. The minimum Gasteiger partial charge on any atom is -0.388 e. The van der Waals surface area contributed by atoms with Crippen LogP contribution in [-0.4, -0.2) is 5.11 Å².